The summed E-state index contributed by atoms with van der Waals surface area (Å²) in [6.45, 7) is 6.08. The highest BCUT2D eigenvalue weighted by atomic mass is 14.9. The van der Waals surface area contributed by atoms with Gasteiger partial charge in [0.25, 0.3) is 0 Å². The predicted molar refractivity (Wildman–Crippen MR) is 75.2 cm³/mol. The lowest BCUT2D eigenvalue weighted by Crippen LogP contribution is -2.39. The molecule has 2 fully saturated rings. The van der Waals surface area contributed by atoms with Crippen LogP contribution in [-0.4, -0.2) is 12.6 Å². The van der Waals surface area contributed by atoms with Gasteiger partial charge in [-0.15, -0.1) is 0 Å². The van der Waals surface area contributed by atoms with Crippen LogP contribution >= 0.6 is 0 Å². The van der Waals surface area contributed by atoms with Crippen molar-refractivity contribution < 1.29 is 0 Å². The Hall–Kier alpha value is -0.0400. The van der Waals surface area contributed by atoms with Crippen molar-refractivity contribution in [1.29, 1.82) is 0 Å². The Kier molecular flexibility index (Phi) is 4.90. The second-order valence-corrected chi connectivity index (χ2v) is 6.90. The fourth-order valence-electron chi connectivity index (χ4n) is 3.86. The highest BCUT2D eigenvalue weighted by Gasteiger charge is 2.29. The summed E-state index contributed by atoms with van der Waals surface area (Å²) >= 11 is 0. The van der Waals surface area contributed by atoms with Crippen LogP contribution in [0.1, 0.15) is 78.1 Å². The van der Waals surface area contributed by atoms with Gasteiger partial charge < -0.3 is 5.32 Å². The molecule has 0 radical (unpaired) electrons. The van der Waals surface area contributed by atoms with Crippen molar-refractivity contribution in [2.24, 2.45) is 11.3 Å². The molecule has 100 valence electrons. The molecule has 0 unspecified atom stereocenters. The third-order valence-corrected chi connectivity index (χ3v) is 5.17. The van der Waals surface area contributed by atoms with E-state index in [0.717, 1.165) is 12.0 Å². The first kappa shape index (κ1) is 13.4. The van der Waals surface area contributed by atoms with Crippen molar-refractivity contribution in [3.63, 3.8) is 0 Å². The van der Waals surface area contributed by atoms with Gasteiger partial charge >= 0.3 is 0 Å². The Morgan fingerprint density at radius 1 is 1.06 bits per heavy atom. The summed E-state index contributed by atoms with van der Waals surface area (Å²) in [5, 5.41) is 3.87. The fourth-order valence-corrected chi connectivity index (χ4v) is 3.86. The Bertz CT molecular complexity index is 210. The first-order valence-corrected chi connectivity index (χ1v) is 7.95. The number of hydrogen-bond donors (Lipinski definition) is 1. The Labute approximate surface area is 108 Å². The van der Waals surface area contributed by atoms with Gasteiger partial charge in [0.2, 0.25) is 0 Å². The molecule has 0 atom stereocenters. The van der Waals surface area contributed by atoms with Crippen molar-refractivity contribution in [1.82, 2.24) is 5.32 Å². The molecule has 0 heterocycles. The second-order valence-electron chi connectivity index (χ2n) is 6.90. The van der Waals surface area contributed by atoms with Gasteiger partial charge in [0.05, 0.1) is 0 Å². The van der Waals surface area contributed by atoms with Crippen LogP contribution < -0.4 is 5.32 Å². The summed E-state index contributed by atoms with van der Waals surface area (Å²) in [6.07, 6.45) is 14.5. The predicted octanol–water partition coefficient (Wildman–Crippen LogP) is 4.52. The third-order valence-electron chi connectivity index (χ3n) is 5.17. The number of nitrogens with one attached hydrogen (secondary N) is 1. The quantitative estimate of drug-likeness (QED) is 0.741. The van der Waals surface area contributed by atoms with Crippen LogP contribution in [-0.2, 0) is 0 Å². The molecule has 2 aliphatic rings. The van der Waals surface area contributed by atoms with Gasteiger partial charge in [0, 0.05) is 12.6 Å². The summed E-state index contributed by atoms with van der Waals surface area (Å²) in [6, 6.07) is 0.834. The molecule has 17 heavy (non-hydrogen) atoms. The Morgan fingerprint density at radius 3 is 2.29 bits per heavy atom. The minimum absolute atomic E-state index is 0.625. The molecular formula is C16H31N. The summed E-state index contributed by atoms with van der Waals surface area (Å²) in [7, 11) is 0. The smallest absolute Gasteiger partial charge is 0.00674 e. The molecule has 1 N–H and O–H groups in total. The minimum atomic E-state index is 0.625. The van der Waals surface area contributed by atoms with Gasteiger partial charge in [-0.05, 0) is 49.9 Å². The maximum atomic E-state index is 3.87. The molecule has 0 spiro atoms. The monoisotopic (exact) mass is 237 g/mol. The van der Waals surface area contributed by atoms with Crippen LogP contribution in [0.25, 0.3) is 0 Å². The molecule has 0 amide bonds. The molecular weight excluding hydrogens is 206 g/mol. The van der Waals surface area contributed by atoms with E-state index in [1.807, 2.05) is 0 Å². The van der Waals surface area contributed by atoms with E-state index < -0.39 is 0 Å². The van der Waals surface area contributed by atoms with Gasteiger partial charge in [0.15, 0.2) is 0 Å². The average Bonchev–Trinajstić information content (AvgIpc) is 2.76. The SMILES string of the molecule is CCCC1CCC(NCC2(C)CCCC2)CC1. The van der Waals surface area contributed by atoms with Gasteiger partial charge in [0.1, 0.15) is 0 Å². The maximum absolute atomic E-state index is 3.87. The first-order chi connectivity index (χ1) is 8.22. The normalized spacial score (nSPS) is 32.8. The molecule has 0 aliphatic heterocycles. The molecule has 2 aliphatic carbocycles. The van der Waals surface area contributed by atoms with Crippen LogP contribution in [0.2, 0.25) is 0 Å². The summed E-state index contributed by atoms with van der Waals surface area (Å²) < 4.78 is 0. The van der Waals surface area contributed by atoms with Crippen molar-refractivity contribution in [3.05, 3.63) is 0 Å². The van der Waals surface area contributed by atoms with Gasteiger partial charge in [-0.25, -0.2) is 0 Å². The number of hydrogen-bond acceptors (Lipinski definition) is 1. The van der Waals surface area contributed by atoms with Crippen LogP contribution in [0.5, 0.6) is 0 Å². The largest absolute Gasteiger partial charge is 0.313 e. The standard InChI is InChI=1S/C16H31N/c1-3-6-14-7-9-15(10-8-14)17-13-16(2)11-4-5-12-16/h14-15,17H,3-13H2,1-2H3. The molecule has 2 saturated carbocycles. The van der Waals surface area contributed by atoms with Crippen LogP contribution in [0, 0.1) is 11.3 Å². The van der Waals surface area contributed by atoms with Crippen molar-refractivity contribution in [2.45, 2.75) is 84.1 Å². The molecule has 2 rings (SSSR count). The average molecular weight is 237 g/mol. The third kappa shape index (κ3) is 3.98. The van der Waals surface area contributed by atoms with E-state index in [4.69, 9.17) is 0 Å². The zero-order valence-corrected chi connectivity index (χ0v) is 11.9. The molecule has 0 saturated heterocycles. The topological polar surface area (TPSA) is 12.0 Å². The summed E-state index contributed by atoms with van der Waals surface area (Å²) in [4.78, 5) is 0. The van der Waals surface area contributed by atoms with E-state index in [1.165, 1.54) is 70.8 Å². The summed E-state index contributed by atoms with van der Waals surface area (Å²) in [5.41, 5.74) is 0.625. The lowest BCUT2D eigenvalue weighted by atomic mass is 9.82. The van der Waals surface area contributed by atoms with Crippen LogP contribution in [0.4, 0.5) is 0 Å². The lowest BCUT2D eigenvalue weighted by Gasteiger charge is -2.32. The fraction of sp³-hybridized carbons (Fsp3) is 1.00. The lowest BCUT2D eigenvalue weighted by molar-refractivity contribution is 0.240. The van der Waals surface area contributed by atoms with Crippen molar-refractivity contribution >= 4 is 0 Å². The van der Waals surface area contributed by atoms with E-state index >= 15 is 0 Å². The van der Waals surface area contributed by atoms with Crippen molar-refractivity contribution in [2.75, 3.05) is 6.54 Å². The zero-order valence-electron chi connectivity index (χ0n) is 11.9. The van der Waals surface area contributed by atoms with E-state index in [1.54, 1.807) is 0 Å². The van der Waals surface area contributed by atoms with Gasteiger partial charge in [-0.3, -0.25) is 0 Å². The number of rotatable bonds is 5. The molecule has 0 aromatic rings. The second kappa shape index (κ2) is 6.22. The summed E-state index contributed by atoms with van der Waals surface area (Å²) in [5.74, 6) is 1.04. The molecule has 0 bridgehead atoms. The minimum Gasteiger partial charge on any atom is -0.313 e. The molecule has 1 heteroatoms. The van der Waals surface area contributed by atoms with E-state index in [0.29, 0.717) is 5.41 Å². The van der Waals surface area contributed by atoms with Gasteiger partial charge in [-0.1, -0.05) is 39.5 Å². The highest BCUT2D eigenvalue weighted by Crippen LogP contribution is 2.37. The van der Waals surface area contributed by atoms with Gasteiger partial charge in [-0.2, -0.15) is 0 Å². The van der Waals surface area contributed by atoms with Crippen LogP contribution in [0.15, 0.2) is 0 Å². The van der Waals surface area contributed by atoms with Crippen molar-refractivity contribution in [3.8, 4) is 0 Å². The Morgan fingerprint density at radius 2 is 1.71 bits per heavy atom. The molecule has 0 aromatic carbocycles. The maximum Gasteiger partial charge on any atom is 0.00674 e. The first-order valence-electron chi connectivity index (χ1n) is 7.95. The Balaban J connectivity index is 1.64. The van der Waals surface area contributed by atoms with E-state index in [-0.39, 0.29) is 0 Å². The van der Waals surface area contributed by atoms with E-state index in [9.17, 15) is 0 Å². The highest BCUT2D eigenvalue weighted by molar-refractivity contribution is 4.85. The molecule has 0 aromatic heterocycles. The van der Waals surface area contributed by atoms with E-state index in [2.05, 4.69) is 19.2 Å². The van der Waals surface area contributed by atoms with Crippen LogP contribution in [0.3, 0.4) is 0 Å². The molecule has 1 nitrogen and oxygen atoms in total. The zero-order chi connectivity index (χ0) is 12.1.